The van der Waals surface area contributed by atoms with Crippen molar-refractivity contribution >= 4 is 11.6 Å². The molecule has 0 aromatic heterocycles. The summed E-state index contributed by atoms with van der Waals surface area (Å²) in [4.78, 5) is 7.06. The van der Waals surface area contributed by atoms with Crippen LogP contribution in [0.15, 0.2) is 23.2 Å². The van der Waals surface area contributed by atoms with Crippen LogP contribution >= 0.6 is 0 Å². The molecule has 1 heterocycles. The Kier molecular flexibility index (Phi) is 5.33. The third-order valence-electron chi connectivity index (χ3n) is 3.75. The van der Waals surface area contributed by atoms with Crippen LogP contribution in [0.2, 0.25) is 0 Å². The standard InChI is InChI=1S/C18H30N4/c1-6-19-17(21-18(2,3)4)20-13-14-9-10-16-15(12-14)8-7-11-22(16)5/h9-10,12H,6-8,11,13H2,1-5H3,(H2,19,20,21). The van der Waals surface area contributed by atoms with Crippen LogP contribution in [-0.4, -0.2) is 31.6 Å². The lowest BCUT2D eigenvalue weighted by Crippen LogP contribution is -2.47. The van der Waals surface area contributed by atoms with Crippen molar-refractivity contribution in [3.63, 3.8) is 0 Å². The zero-order valence-electron chi connectivity index (χ0n) is 14.7. The molecule has 0 amide bonds. The normalized spacial score (nSPS) is 15.5. The van der Waals surface area contributed by atoms with Gasteiger partial charge >= 0.3 is 0 Å². The molecule has 1 aliphatic heterocycles. The lowest BCUT2D eigenvalue weighted by Gasteiger charge is -2.27. The van der Waals surface area contributed by atoms with E-state index in [0.29, 0.717) is 6.54 Å². The van der Waals surface area contributed by atoms with Crippen LogP contribution in [0.4, 0.5) is 5.69 Å². The predicted octanol–water partition coefficient (Wildman–Crippen LogP) is 2.92. The molecule has 0 unspecified atom stereocenters. The number of aliphatic imine (C=N–C) groups is 1. The van der Waals surface area contributed by atoms with Gasteiger partial charge in [-0.1, -0.05) is 12.1 Å². The first-order valence-electron chi connectivity index (χ1n) is 8.28. The summed E-state index contributed by atoms with van der Waals surface area (Å²) in [6, 6.07) is 6.75. The molecule has 0 saturated carbocycles. The van der Waals surface area contributed by atoms with Crippen LogP contribution in [0.3, 0.4) is 0 Å². The fourth-order valence-corrected chi connectivity index (χ4v) is 2.77. The van der Waals surface area contributed by atoms with Crippen molar-refractivity contribution in [3.8, 4) is 0 Å². The lowest BCUT2D eigenvalue weighted by atomic mass is 10.00. The number of fused-ring (bicyclic) bond motifs is 1. The van der Waals surface area contributed by atoms with Gasteiger partial charge in [0.05, 0.1) is 6.54 Å². The highest BCUT2D eigenvalue weighted by Crippen LogP contribution is 2.26. The lowest BCUT2D eigenvalue weighted by molar-refractivity contribution is 0.501. The van der Waals surface area contributed by atoms with Crippen LogP contribution < -0.4 is 15.5 Å². The number of hydrogen-bond acceptors (Lipinski definition) is 2. The van der Waals surface area contributed by atoms with Crippen molar-refractivity contribution in [2.45, 2.75) is 52.6 Å². The van der Waals surface area contributed by atoms with Crippen LogP contribution in [0, 0.1) is 0 Å². The number of guanidine groups is 1. The van der Waals surface area contributed by atoms with E-state index >= 15 is 0 Å². The van der Waals surface area contributed by atoms with Crippen LogP contribution in [-0.2, 0) is 13.0 Å². The fourth-order valence-electron chi connectivity index (χ4n) is 2.77. The zero-order valence-corrected chi connectivity index (χ0v) is 14.7. The molecule has 22 heavy (non-hydrogen) atoms. The second-order valence-corrected chi connectivity index (χ2v) is 7.06. The molecule has 0 bridgehead atoms. The summed E-state index contributed by atoms with van der Waals surface area (Å²) in [6.07, 6.45) is 2.42. The predicted molar refractivity (Wildman–Crippen MR) is 95.7 cm³/mol. The molecule has 4 nitrogen and oxygen atoms in total. The second kappa shape index (κ2) is 7.03. The molecule has 2 N–H and O–H groups in total. The number of anilines is 1. The van der Waals surface area contributed by atoms with Gasteiger partial charge in [0.1, 0.15) is 0 Å². The minimum Gasteiger partial charge on any atom is -0.374 e. The summed E-state index contributed by atoms with van der Waals surface area (Å²) in [5.74, 6) is 0.879. The number of hydrogen-bond donors (Lipinski definition) is 2. The fraction of sp³-hybridized carbons (Fsp3) is 0.611. The van der Waals surface area contributed by atoms with Crippen molar-refractivity contribution in [1.29, 1.82) is 0 Å². The smallest absolute Gasteiger partial charge is 0.191 e. The van der Waals surface area contributed by atoms with Gasteiger partial charge in [-0.3, -0.25) is 0 Å². The molecule has 0 atom stereocenters. The Balaban J connectivity index is 2.10. The summed E-state index contributed by atoms with van der Waals surface area (Å²) in [5, 5.41) is 6.74. The molecule has 122 valence electrons. The van der Waals surface area contributed by atoms with Crippen LogP contribution in [0.5, 0.6) is 0 Å². The molecule has 2 rings (SSSR count). The summed E-state index contributed by atoms with van der Waals surface area (Å²) in [6.45, 7) is 11.3. The van der Waals surface area contributed by atoms with Crippen molar-refractivity contribution in [2.75, 3.05) is 25.0 Å². The molecule has 1 aromatic carbocycles. The molecular formula is C18H30N4. The number of nitrogens with zero attached hydrogens (tertiary/aromatic N) is 2. The van der Waals surface area contributed by atoms with Gasteiger partial charge < -0.3 is 15.5 Å². The SMILES string of the molecule is CCNC(=NCc1ccc2c(c1)CCCN2C)NC(C)(C)C. The molecule has 0 aliphatic carbocycles. The Morgan fingerprint density at radius 3 is 2.77 bits per heavy atom. The second-order valence-electron chi connectivity index (χ2n) is 7.06. The number of benzene rings is 1. The molecule has 4 heteroatoms. The monoisotopic (exact) mass is 302 g/mol. The Hall–Kier alpha value is -1.71. The average molecular weight is 302 g/mol. The van der Waals surface area contributed by atoms with E-state index in [2.05, 4.69) is 68.5 Å². The first kappa shape index (κ1) is 16.7. The van der Waals surface area contributed by atoms with Crippen molar-refractivity contribution in [2.24, 2.45) is 4.99 Å². The van der Waals surface area contributed by atoms with E-state index < -0.39 is 0 Å². The highest BCUT2D eigenvalue weighted by molar-refractivity contribution is 5.80. The number of rotatable bonds is 3. The largest absolute Gasteiger partial charge is 0.374 e. The Morgan fingerprint density at radius 2 is 2.09 bits per heavy atom. The Labute approximate surface area is 135 Å². The van der Waals surface area contributed by atoms with E-state index in [1.54, 1.807) is 0 Å². The molecular weight excluding hydrogens is 272 g/mol. The molecule has 0 saturated heterocycles. The van der Waals surface area contributed by atoms with E-state index in [1.807, 2.05) is 0 Å². The van der Waals surface area contributed by atoms with Gasteiger partial charge in [-0.05, 0) is 57.7 Å². The van der Waals surface area contributed by atoms with Gasteiger partial charge in [-0.25, -0.2) is 4.99 Å². The summed E-state index contributed by atoms with van der Waals surface area (Å²) in [5.41, 5.74) is 4.12. The molecule has 1 aliphatic rings. The van der Waals surface area contributed by atoms with Crippen molar-refractivity contribution in [1.82, 2.24) is 10.6 Å². The van der Waals surface area contributed by atoms with Crippen LogP contribution in [0.1, 0.15) is 45.2 Å². The Bertz CT molecular complexity index is 528. The van der Waals surface area contributed by atoms with E-state index in [4.69, 9.17) is 4.99 Å². The highest BCUT2D eigenvalue weighted by atomic mass is 15.2. The van der Waals surface area contributed by atoms with E-state index in [0.717, 1.165) is 19.0 Å². The van der Waals surface area contributed by atoms with E-state index in [1.165, 1.54) is 29.7 Å². The zero-order chi connectivity index (χ0) is 16.2. The van der Waals surface area contributed by atoms with Gasteiger partial charge in [0.2, 0.25) is 0 Å². The maximum Gasteiger partial charge on any atom is 0.191 e. The van der Waals surface area contributed by atoms with Gasteiger partial charge in [-0.15, -0.1) is 0 Å². The highest BCUT2D eigenvalue weighted by Gasteiger charge is 2.14. The van der Waals surface area contributed by atoms with Gasteiger partial charge in [0.25, 0.3) is 0 Å². The summed E-state index contributed by atoms with van der Waals surface area (Å²) >= 11 is 0. The molecule has 0 spiro atoms. The summed E-state index contributed by atoms with van der Waals surface area (Å²) in [7, 11) is 2.17. The number of nitrogens with one attached hydrogen (secondary N) is 2. The Morgan fingerprint density at radius 1 is 1.32 bits per heavy atom. The third kappa shape index (κ3) is 4.65. The third-order valence-corrected chi connectivity index (χ3v) is 3.75. The van der Waals surface area contributed by atoms with Crippen molar-refractivity contribution in [3.05, 3.63) is 29.3 Å². The minimum atomic E-state index is 0.0135. The first-order valence-corrected chi connectivity index (χ1v) is 8.28. The molecule has 0 radical (unpaired) electrons. The van der Waals surface area contributed by atoms with E-state index in [9.17, 15) is 0 Å². The van der Waals surface area contributed by atoms with E-state index in [-0.39, 0.29) is 5.54 Å². The van der Waals surface area contributed by atoms with Gasteiger partial charge in [-0.2, -0.15) is 0 Å². The number of aryl methyl sites for hydroxylation is 1. The van der Waals surface area contributed by atoms with Gasteiger partial charge in [0.15, 0.2) is 5.96 Å². The first-order chi connectivity index (χ1) is 10.4. The molecule has 0 fully saturated rings. The summed E-state index contributed by atoms with van der Waals surface area (Å²) < 4.78 is 0. The van der Waals surface area contributed by atoms with Crippen LogP contribution in [0.25, 0.3) is 0 Å². The average Bonchev–Trinajstić information content (AvgIpc) is 2.44. The minimum absolute atomic E-state index is 0.0135. The quantitative estimate of drug-likeness (QED) is 0.666. The van der Waals surface area contributed by atoms with Crippen molar-refractivity contribution < 1.29 is 0 Å². The maximum atomic E-state index is 4.72. The topological polar surface area (TPSA) is 39.7 Å². The maximum absolute atomic E-state index is 4.72. The molecule has 1 aromatic rings. The van der Waals surface area contributed by atoms with Gasteiger partial charge in [0, 0.05) is 31.4 Å².